The van der Waals surface area contributed by atoms with Gasteiger partial charge in [0.15, 0.2) is 29.7 Å². The molecule has 1 amide bonds. The molecule has 0 saturated heterocycles. The van der Waals surface area contributed by atoms with E-state index in [1.54, 1.807) is 24.3 Å². The van der Waals surface area contributed by atoms with Gasteiger partial charge in [0.2, 0.25) is 0 Å². The number of anilines is 1. The highest BCUT2D eigenvalue weighted by Crippen LogP contribution is 2.48. The zero-order chi connectivity index (χ0) is 26.6. The molecule has 3 aliphatic rings. The first kappa shape index (κ1) is 25.6. The average molecular weight is 518 g/mol. The van der Waals surface area contributed by atoms with Crippen LogP contribution < -0.4 is 19.5 Å². The second kappa shape index (κ2) is 11.1. The molecule has 0 saturated carbocycles. The number of para-hydroxylation sites is 2. The monoisotopic (exact) mass is 517 g/mol. The van der Waals surface area contributed by atoms with E-state index in [0.717, 1.165) is 18.4 Å². The van der Waals surface area contributed by atoms with Gasteiger partial charge in [-0.3, -0.25) is 14.4 Å². The highest BCUT2D eigenvalue weighted by Gasteiger charge is 2.42. The van der Waals surface area contributed by atoms with E-state index in [0.29, 0.717) is 77.9 Å². The molecular weight excluding hydrogens is 486 g/mol. The number of methoxy groups -OCH3 is 1. The van der Waals surface area contributed by atoms with Crippen molar-refractivity contribution in [3.8, 4) is 17.2 Å². The molecule has 1 heterocycles. The van der Waals surface area contributed by atoms with Gasteiger partial charge in [0, 0.05) is 42.7 Å². The van der Waals surface area contributed by atoms with Crippen LogP contribution >= 0.6 is 0 Å². The summed E-state index contributed by atoms with van der Waals surface area (Å²) < 4.78 is 23.1. The third-order valence-corrected chi connectivity index (χ3v) is 6.98. The molecule has 0 radical (unpaired) electrons. The van der Waals surface area contributed by atoms with Crippen LogP contribution in [0.1, 0.15) is 56.9 Å². The number of ketones is 2. The molecule has 5 rings (SSSR count). The van der Waals surface area contributed by atoms with Gasteiger partial charge in [-0.25, -0.2) is 0 Å². The number of amides is 1. The Balaban J connectivity index is 1.42. The number of benzene rings is 2. The van der Waals surface area contributed by atoms with Crippen LogP contribution in [0.4, 0.5) is 5.69 Å². The second-order valence-corrected chi connectivity index (χ2v) is 9.44. The third kappa shape index (κ3) is 5.03. The minimum absolute atomic E-state index is 0.0208. The molecule has 8 nitrogen and oxygen atoms in total. The lowest BCUT2D eigenvalue weighted by atomic mass is 9.73. The predicted octanol–water partition coefficient (Wildman–Crippen LogP) is 5.24. The largest absolute Gasteiger partial charge is 0.495 e. The molecule has 2 aliphatic carbocycles. The van der Waals surface area contributed by atoms with E-state index in [1.165, 1.54) is 7.11 Å². The van der Waals surface area contributed by atoms with E-state index in [4.69, 9.17) is 18.9 Å². The predicted molar refractivity (Wildman–Crippen MR) is 140 cm³/mol. The second-order valence-electron chi connectivity index (χ2n) is 9.44. The first-order valence-corrected chi connectivity index (χ1v) is 13.0. The molecule has 0 spiro atoms. The van der Waals surface area contributed by atoms with Gasteiger partial charge in [0.1, 0.15) is 17.3 Å². The average Bonchev–Trinajstić information content (AvgIpc) is 2.92. The number of allylic oxidation sites excluding steroid dienone is 4. The fourth-order valence-electron chi connectivity index (χ4n) is 5.32. The fraction of sp³-hybridized carbons (Fsp3) is 0.367. The Morgan fingerprint density at radius 2 is 1.58 bits per heavy atom. The molecule has 0 bridgehead atoms. The summed E-state index contributed by atoms with van der Waals surface area (Å²) in [7, 11) is 1.54. The Labute approximate surface area is 221 Å². The zero-order valence-corrected chi connectivity index (χ0v) is 21.6. The lowest BCUT2D eigenvalue weighted by molar-refractivity contribution is -0.119. The minimum Gasteiger partial charge on any atom is -0.495 e. The topological polar surface area (TPSA) is 100 Å². The van der Waals surface area contributed by atoms with E-state index >= 15 is 0 Å². The van der Waals surface area contributed by atoms with E-state index in [1.807, 2.05) is 25.1 Å². The van der Waals surface area contributed by atoms with Gasteiger partial charge in [0.25, 0.3) is 5.91 Å². The first-order valence-electron chi connectivity index (χ1n) is 13.0. The molecule has 2 aromatic carbocycles. The summed E-state index contributed by atoms with van der Waals surface area (Å²) >= 11 is 0. The number of Topliss-reactive ketones (excluding diaryl/α,β-unsaturated/α-hetero) is 2. The summed E-state index contributed by atoms with van der Waals surface area (Å²) in [6.07, 6.45) is 3.74. The molecule has 1 aliphatic heterocycles. The van der Waals surface area contributed by atoms with Crippen LogP contribution in [0.2, 0.25) is 0 Å². The van der Waals surface area contributed by atoms with Crippen molar-refractivity contribution in [2.45, 2.75) is 51.4 Å². The number of carbonyl (C=O) groups excluding carboxylic acids is 3. The Bertz CT molecular complexity index is 1300. The van der Waals surface area contributed by atoms with Gasteiger partial charge in [-0.15, -0.1) is 0 Å². The summed E-state index contributed by atoms with van der Waals surface area (Å²) in [6, 6.07) is 12.5. The minimum atomic E-state index is -0.489. The quantitative estimate of drug-likeness (QED) is 0.511. The maximum absolute atomic E-state index is 13.1. The van der Waals surface area contributed by atoms with E-state index in [2.05, 4.69) is 5.32 Å². The number of hydrogen-bond donors (Lipinski definition) is 1. The Morgan fingerprint density at radius 1 is 0.895 bits per heavy atom. The molecule has 8 heteroatoms. The van der Waals surface area contributed by atoms with Crippen LogP contribution in [0.5, 0.6) is 17.2 Å². The Kier molecular flexibility index (Phi) is 7.49. The van der Waals surface area contributed by atoms with Crippen LogP contribution in [0.25, 0.3) is 0 Å². The summed E-state index contributed by atoms with van der Waals surface area (Å²) in [5.41, 5.74) is 2.48. The van der Waals surface area contributed by atoms with Gasteiger partial charge >= 0.3 is 0 Å². The normalized spacial score (nSPS) is 17.4. The van der Waals surface area contributed by atoms with Crippen LogP contribution in [0.15, 0.2) is 65.1 Å². The van der Waals surface area contributed by atoms with Crippen molar-refractivity contribution in [3.63, 3.8) is 0 Å². The van der Waals surface area contributed by atoms with Crippen LogP contribution in [-0.4, -0.2) is 37.8 Å². The van der Waals surface area contributed by atoms with Crippen LogP contribution in [0, 0.1) is 0 Å². The van der Waals surface area contributed by atoms with Gasteiger partial charge in [0.05, 0.1) is 19.4 Å². The van der Waals surface area contributed by atoms with Crippen molar-refractivity contribution in [1.82, 2.24) is 0 Å². The van der Waals surface area contributed by atoms with Gasteiger partial charge in [-0.1, -0.05) is 18.2 Å². The highest BCUT2D eigenvalue weighted by molar-refractivity contribution is 6.05. The van der Waals surface area contributed by atoms with Gasteiger partial charge in [-0.05, 0) is 49.6 Å². The first-order chi connectivity index (χ1) is 18.5. The SMILES string of the molecule is CCOc1cc(C2C3=C(CCCC3=O)OC3=C2C(=O)CCC3)ccc1OCC(=O)Nc1ccccc1OC. The van der Waals surface area contributed by atoms with E-state index in [-0.39, 0.29) is 24.1 Å². The van der Waals surface area contributed by atoms with Crippen molar-refractivity contribution in [1.29, 1.82) is 0 Å². The molecule has 0 atom stereocenters. The number of carbonyl (C=O) groups is 3. The van der Waals surface area contributed by atoms with Crippen LogP contribution in [0.3, 0.4) is 0 Å². The van der Waals surface area contributed by atoms with Crippen molar-refractivity contribution in [3.05, 3.63) is 70.7 Å². The van der Waals surface area contributed by atoms with E-state index in [9.17, 15) is 14.4 Å². The number of hydrogen-bond acceptors (Lipinski definition) is 7. The lowest BCUT2D eigenvalue weighted by Crippen LogP contribution is -2.30. The van der Waals surface area contributed by atoms with Crippen molar-refractivity contribution >= 4 is 23.2 Å². The standard InChI is InChI=1S/C30H31NO7/c1-3-36-26-16-18(14-15-23(26)37-17-27(34)31-19-8-4-5-11-22(19)35-2)28-29-20(32)9-6-12-24(29)38-25-13-7-10-21(33)30(25)28/h4-5,8,11,14-16,28H,3,6-7,9-10,12-13,17H2,1-2H3,(H,31,34). The third-order valence-electron chi connectivity index (χ3n) is 6.98. The molecule has 1 N–H and O–H groups in total. The Hall–Kier alpha value is -4.07. The van der Waals surface area contributed by atoms with E-state index < -0.39 is 5.92 Å². The summed E-state index contributed by atoms with van der Waals surface area (Å²) in [6.45, 7) is 1.99. The number of rotatable bonds is 8. The molecule has 2 aromatic rings. The van der Waals surface area contributed by atoms with Gasteiger partial charge in [-0.2, -0.15) is 0 Å². The zero-order valence-electron chi connectivity index (χ0n) is 21.6. The summed E-state index contributed by atoms with van der Waals surface area (Å²) in [4.78, 5) is 38.7. The fourth-order valence-corrected chi connectivity index (χ4v) is 5.32. The molecular formula is C30H31NO7. The molecule has 198 valence electrons. The van der Waals surface area contributed by atoms with Gasteiger partial charge < -0.3 is 24.3 Å². The Morgan fingerprint density at radius 3 is 2.24 bits per heavy atom. The molecule has 38 heavy (non-hydrogen) atoms. The smallest absolute Gasteiger partial charge is 0.262 e. The maximum Gasteiger partial charge on any atom is 0.262 e. The van der Waals surface area contributed by atoms with Crippen molar-refractivity contribution in [2.24, 2.45) is 0 Å². The summed E-state index contributed by atoms with van der Waals surface area (Å²) in [5.74, 6) is 1.96. The molecule has 0 fully saturated rings. The van der Waals surface area contributed by atoms with Crippen molar-refractivity contribution in [2.75, 3.05) is 25.6 Å². The number of nitrogens with one attached hydrogen (secondary N) is 1. The molecule has 0 aromatic heterocycles. The lowest BCUT2D eigenvalue weighted by Gasteiger charge is -2.36. The number of ether oxygens (including phenoxy) is 4. The van der Waals surface area contributed by atoms with Crippen molar-refractivity contribution < 1.29 is 33.3 Å². The highest BCUT2D eigenvalue weighted by atomic mass is 16.5. The van der Waals surface area contributed by atoms with Crippen LogP contribution in [-0.2, 0) is 19.1 Å². The summed E-state index contributed by atoms with van der Waals surface area (Å²) in [5, 5.41) is 2.79. The maximum atomic E-state index is 13.1. The molecule has 0 unspecified atom stereocenters.